The highest BCUT2D eigenvalue weighted by Crippen LogP contribution is 2.33. The summed E-state index contributed by atoms with van der Waals surface area (Å²) in [5.41, 5.74) is 0.875. The molecule has 2 rings (SSSR count). The summed E-state index contributed by atoms with van der Waals surface area (Å²) in [5, 5.41) is 0. The lowest BCUT2D eigenvalue weighted by atomic mass is 10.0. The van der Waals surface area contributed by atoms with E-state index in [4.69, 9.17) is 9.47 Å². The Morgan fingerprint density at radius 3 is 2.87 bits per heavy atom. The predicted octanol–water partition coefficient (Wildman–Crippen LogP) is 3.27. The van der Waals surface area contributed by atoms with Crippen LogP contribution in [0.3, 0.4) is 0 Å². The van der Waals surface area contributed by atoms with E-state index in [1.54, 1.807) is 0 Å². The molecule has 0 radical (unpaired) electrons. The Hall–Kier alpha value is -1.44. The molecule has 1 aromatic carbocycles. The third-order valence-electron chi connectivity index (χ3n) is 2.33. The molecular formula is C13H16O2. The zero-order valence-electron chi connectivity index (χ0n) is 9.41. The highest BCUT2D eigenvalue weighted by Gasteiger charge is 2.21. The molecule has 0 N–H and O–H groups in total. The number of benzene rings is 1. The van der Waals surface area contributed by atoms with Crippen molar-refractivity contribution in [1.29, 1.82) is 0 Å². The van der Waals surface area contributed by atoms with Gasteiger partial charge in [0.2, 0.25) is 0 Å². The monoisotopic (exact) mass is 204 g/mol. The number of rotatable bonds is 2. The van der Waals surface area contributed by atoms with Crippen molar-refractivity contribution in [3.8, 4) is 11.5 Å². The van der Waals surface area contributed by atoms with Crippen LogP contribution in [0.2, 0.25) is 0 Å². The third-order valence-corrected chi connectivity index (χ3v) is 2.33. The minimum Gasteiger partial charge on any atom is -0.494 e. The van der Waals surface area contributed by atoms with E-state index in [1.165, 1.54) is 0 Å². The van der Waals surface area contributed by atoms with Crippen LogP contribution in [-0.4, -0.2) is 12.2 Å². The lowest BCUT2D eigenvalue weighted by Gasteiger charge is -2.27. The summed E-state index contributed by atoms with van der Waals surface area (Å²) in [6.45, 7) is 6.76. The van der Waals surface area contributed by atoms with Crippen LogP contribution < -0.4 is 9.47 Å². The normalized spacial score (nSPS) is 16.7. The summed E-state index contributed by atoms with van der Waals surface area (Å²) in [7, 11) is 0. The molecule has 0 amide bonds. The molecule has 1 aromatic rings. The molecule has 0 spiro atoms. The van der Waals surface area contributed by atoms with Gasteiger partial charge >= 0.3 is 0 Å². The molecular weight excluding hydrogens is 188 g/mol. The highest BCUT2D eigenvalue weighted by molar-refractivity contribution is 5.62. The average Bonchev–Trinajstić information content (AvgIpc) is 2.18. The fourth-order valence-electron chi connectivity index (χ4n) is 1.61. The highest BCUT2D eigenvalue weighted by atomic mass is 16.5. The van der Waals surface area contributed by atoms with Crippen LogP contribution in [0.1, 0.15) is 26.3 Å². The third kappa shape index (κ3) is 2.14. The second kappa shape index (κ2) is 3.61. The summed E-state index contributed by atoms with van der Waals surface area (Å²) in [4.78, 5) is 0. The van der Waals surface area contributed by atoms with Crippen LogP contribution in [-0.2, 0) is 0 Å². The molecule has 0 unspecified atom stereocenters. The van der Waals surface area contributed by atoms with Crippen LogP contribution in [0.25, 0.3) is 6.08 Å². The van der Waals surface area contributed by atoms with Crippen molar-refractivity contribution in [2.24, 2.45) is 0 Å². The van der Waals surface area contributed by atoms with Gasteiger partial charge in [-0.3, -0.25) is 0 Å². The van der Waals surface area contributed by atoms with E-state index in [9.17, 15) is 0 Å². The van der Waals surface area contributed by atoms with Crippen molar-refractivity contribution < 1.29 is 9.47 Å². The number of fused-ring (bicyclic) bond motifs is 1. The second-order valence-electron chi connectivity index (χ2n) is 4.17. The fraction of sp³-hybridized carbons (Fsp3) is 0.385. The van der Waals surface area contributed by atoms with Gasteiger partial charge in [-0.2, -0.15) is 0 Å². The van der Waals surface area contributed by atoms with Gasteiger partial charge in [0.05, 0.1) is 6.61 Å². The maximum atomic E-state index is 5.81. The second-order valence-corrected chi connectivity index (χ2v) is 4.17. The molecule has 2 heteroatoms. The maximum absolute atomic E-state index is 5.81. The first-order valence-corrected chi connectivity index (χ1v) is 5.26. The minimum absolute atomic E-state index is 0.208. The van der Waals surface area contributed by atoms with E-state index in [1.807, 2.05) is 39.0 Å². The topological polar surface area (TPSA) is 18.5 Å². The van der Waals surface area contributed by atoms with Crippen LogP contribution in [0.15, 0.2) is 24.3 Å². The smallest absolute Gasteiger partial charge is 0.128 e. The Balaban J connectivity index is 2.32. The summed E-state index contributed by atoms with van der Waals surface area (Å²) in [6.07, 6.45) is 4.15. The molecule has 0 aromatic heterocycles. The SMILES string of the molecule is CCOc1ccc2c(c1)C=CC(C)(C)O2. The van der Waals surface area contributed by atoms with Crippen LogP contribution in [0.4, 0.5) is 0 Å². The molecule has 2 nitrogen and oxygen atoms in total. The van der Waals surface area contributed by atoms with Gasteiger partial charge in [-0.25, -0.2) is 0 Å². The van der Waals surface area contributed by atoms with Crippen molar-refractivity contribution in [3.63, 3.8) is 0 Å². The molecule has 1 aliphatic rings. The van der Waals surface area contributed by atoms with Gasteiger partial charge < -0.3 is 9.47 Å². The molecule has 0 bridgehead atoms. The van der Waals surface area contributed by atoms with Gasteiger partial charge in [-0.15, -0.1) is 0 Å². The number of ether oxygens (including phenoxy) is 2. The first-order valence-electron chi connectivity index (χ1n) is 5.26. The summed E-state index contributed by atoms with van der Waals surface area (Å²) < 4.78 is 11.2. The summed E-state index contributed by atoms with van der Waals surface area (Å²) in [6, 6.07) is 5.91. The zero-order chi connectivity index (χ0) is 10.9. The van der Waals surface area contributed by atoms with E-state index >= 15 is 0 Å². The Kier molecular flexibility index (Phi) is 2.43. The largest absolute Gasteiger partial charge is 0.494 e. The van der Waals surface area contributed by atoms with Crippen molar-refractivity contribution >= 4 is 6.08 Å². The number of hydrogen-bond acceptors (Lipinski definition) is 2. The van der Waals surface area contributed by atoms with Gasteiger partial charge in [0, 0.05) is 5.56 Å². The van der Waals surface area contributed by atoms with Crippen molar-refractivity contribution in [2.75, 3.05) is 6.61 Å². The molecule has 1 aliphatic heterocycles. The van der Waals surface area contributed by atoms with Gasteiger partial charge in [0.25, 0.3) is 0 Å². The van der Waals surface area contributed by atoms with Gasteiger partial charge in [0.1, 0.15) is 17.1 Å². The lowest BCUT2D eigenvalue weighted by molar-refractivity contribution is 0.158. The molecule has 0 saturated carbocycles. The van der Waals surface area contributed by atoms with Gasteiger partial charge in [-0.1, -0.05) is 6.08 Å². The van der Waals surface area contributed by atoms with E-state index in [0.717, 1.165) is 17.1 Å². The Bertz CT molecular complexity index is 392. The van der Waals surface area contributed by atoms with Crippen molar-refractivity contribution in [3.05, 3.63) is 29.8 Å². The first-order chi connectivity index (χ1) is 7.11. The maximum Gasteiger partial charge on any atom is 0.128 e. The first kappa shape index (κ1) is 10.1. The van der Waals surface area contributed by atoms with E-state index in [0.29, 0.717) is 6.61 Å². The predicted molar refractivity (Wildman–Crippen MR) is 61.4 cm³/mol. The van der Waals surface area contributed by atoms with Crippen LogP contribution in [0.5, 0.6) is 11.5 Å². The van der Waals surface area contributed by atoms with E-state index in [-0.39, 0.29) is 5.60 Å². The molecule has 1 heterocycles. The quantitative estimate of drug-likeness (QED) is 0.736. The molecule has 0 atom stereocenters. The molecule has 15 heavy (non-hydrogen) atoms. The van der Waals surface area contributed by atoms with E-state index < -0.39 is 0 Å². The molecule has 0 saturated heterocycles. The standard InChI is InChI=1S/C13H16O2/c1-4-14-11-5-6-12-10(9-11)7-8-13(2,3)15-12/h5-9H,4H2,1-3H3. The lowest BCUT2D eigenvalue weighted by Crippen LogP contribution is -2.27. The minimum atomic E-state index is -0.208. The van der Waals surface area contributed by atoms with E-state index in [2.05, 4.69) is 12.2 Å². The van der Waals surface area contributed by atoms with Gasteiger partial charge in [-0.05, 0) is 45.0 Å². The fourth-order valence-corrected chi connectivity index (χ4v) is 1.61. The Labute approximate surface area is 90.5 Å². The molecule has 80 valence electrons. The Morgan fingerprint density at radius 1 is 1.33 bits per heavy atom. The van der Waals surface area contributed by atoms with Crippen molar-refractivity contribution in [1.82, 2.24) is 0 Å². The molecule has 0 fully saturated rings. The Morgan fingerprint density at radius 2 is 2.13 bits per heavy atom. The van der Waals surface area contributed by atoms with Crippen molar-refractivity contribution in [2.45, 2.75) is 26.4 Å². The van der Waals surface area contributed by atoms with Gasteiger partial charge in [0.15, 0.2) is 0 Å². The average molecular weight is 204 g/mol. The zero-order valence-corrected chi connectivity index (χ0v) is 9.41. The van der Waals surface area contributed by atoms with Crippen LogP contribution >= 0.6 is 0 Å². The van der Waals surface area contributed by atoms with Crippen LogP contribution in [0, 0.1) is 0 Å². The molecule has 0 aliphatic carbocycles. The summed E-state index contributed by atoms with van der Waals surface area (Å²) >= 11 is 0. The summed E-state index contributed by atoms with van der Waals surface area (Å²) in [5.74, 6) is 1.81. The number of hydrogen-bond donors (Lipinski definition) is 0.